The Hall–Kier alpha value is -2.16. The lowest BCUT2D eigenvalue weighted by molar-refractivity contribution is 0.386. The van der Waals surface area contributed by atoms with Crippen molar-refractivity contribution in [2.24, 2.45) is 0 Å². The van der Waals surface area contributed by atoms with Crippen molar-refractivity contribution < 1.29 is 14.2 Å². The molecule has 0 N–H and O–H groups in total. The van der Waals surface area contributed by atoms with Crippen molar-refractivity contribution in [2.75, 3.05) is 14.2 Å². The van der Waals surface area contributed by atoms with Crippen molar-refractivity contribution in [2.45, 2.75) is 0 Å². The molecule has 0 heterocycles. The summed E-state index contributed by atoms with van der Waals surface area (Å²) in [6.45, 7) is 3.91. The lowest BCUT2D eigenvalue weighted by Crippen LogP contribution is -1.91. The number of benzene rings is 2. The minimum Gasteiger partial charge on any atom is -0.496 e. The molecule has 0 fully saturated rings. The first-order chi connectivity index (χ1) is 8.72. The maximum absolute atomic E-state index is 5.77. The average molecular weight is 243 g/mol. The fraction of sp³-hybridized carbons (Fsp3) is 0.133. The Morgan fingerprint density at radius 3 is 1.94 bits per heavy atom. The zero-order chi connectivity index (χ0) is 13.0. The highest BCUT2D eigenvalue weighted by Gasteiger charge is 2.05. The van der Waals surface area contributed by atoms with E-state index >= 15 is 0 Å². The SMILES string of the molecule is [CH2]c1ccccc1Oc1cc(OC)cc(OC)c1. The van der Waals surface area contributed by atoms with E-state index in [0.29, 0.717) is 23.0 Å². The summed E-state index contributed by atoms with van der Waals surface area (Å²) >= 11 is 0. The van der Waals surface area contributed by atoms with Gasteiger partial charge in [0.05, 0.1) is 14.2 Å². The molecule has 0 unspecified atom stereocenters. The molecule has 0 aromatic heterocycles. The van der Waals surface area contributed by atoms with Crippen molar-refractivity contribution >= 4 is 0 Å². The number of methoxy groups -OCH3 is 2. The van der Waals surface area contributed by atoms with E-state index < -0.39 is 0 Å². The highest BCUT2D eigenvalue weighted by Crippen LogP contribution is 2.31. The van der Waals surface area contributed by atoms with Crippen LogP contribution in [-0.4, -0.2) is 14.2 Å². The monoisotopic (exact) mass is 243 g/mol. The minimum atomic E-state index is 0.655. The summed E-state index contributed by atoms with van der Waals surface area (Å²) in [5.74, 6) is 2.74. The zero-order valence-electron chi connectivity index (χ0n) is 10.5. The van der Waals surface area contributed by atoms with Gasteiger partial charge in [-0.15, -0.1) is 0 Å². The second kappa shape index (κ2) is 5.45. The highest BCUT2D eigenvalue weighted by atomic mass is 16.5. The van der Waals surface area contributed by atoms with E-state index in [1.165, 1.54) is 0 Å². The highest BCUT2D eigenvalue weighted by molar-refractivity contribution is 5.45. The van der Waals surface area contributed by atoms with Gasteiger partial charge < -0.3 is 14.2 Å². The molecule has 2 rings (SSSR count). The molecule has 3 nitrogen and oxygen atoms in total. The van der Waals surface area contributed by atoms with Crippen LogP contribution in [0.15, 0.2) is 42.5 Å². The third-order valence-corrected chi connectivity index (χ3v) is 2.53. The van der Waals surface area contributed by atoms with Gasteiger partial charge in [0.25, 0.3) is 0 Å². The number of hydrogen-bond acceptors (Lipinski definition) is 3. The van der Waals surface area contributed by atoms with Crippen LogP contribution in [0.3, 0.4) is 0 Å². The molecule has 1 radical (unpaired) electrons. The van der Waals surface area contributed by atoms with Crippen molar-refractivity contribution in [3.63, 3.8) is 0 Å². The first-order valence-electron chi connectivity index (χ1n) is 5.55. The summed E-state index contributed by atoms with van der Waals surface area (Å²) in [6, 6.07) is 13.0. The molecule has 93 valence electrons. The predicted octanol–water partition coefficient (Wildman–Crippen LogP) is 3.68. The van der Waals surface area contributed by atoms with E-state index in [4.69, 9.17) is 14.2 Å². The average Bonchev–Trinajstić information content (AvgIpc) is 2.41. The topological polar surface area (TPSA) is 27.7 Å². The third kappa shape index (κ3) is 2.74. The lowest BCUT2D eigenvalue weighted by atomic mass is 10.2. The van der Waals surface area contributed by atoms with Crippen LogP contribution in [0.4, 0.5) is 0 Å². The normalized spacial score (nSPS) is 9.94. The van der Waals surface area contributed by atoms with E-state index in [-0.39, 0.29) is 0 Å². The second-order valence-corrected chi connectivity index (χ2v) is 3.76. The van der Waals surface area contributed by atoms with Crippen LogP contribution in [0.5, 0.6) is 23.0 Å². The van der Waals surface area contributed by atoms with Crippen LogP contribution in [-0.2, 0) is 0 Å². The van der Waals surface area contributed by atoms with Crippen LogP contribution < -0.4 is 14.2 Å². The molecule has 18 heavy (non-hydrogen) atoms. The second-order valence-electron chi connectivity index (χ2n) is 3.76. The van der Waals surface area contributed by atoms with Crippen LogP contribution in [0, 0.1) is 6.92 Å². The summed E-state index contributed by atoms with van der Waals surface area (Å²) in [4.78, 5) is 0. The molecule has 0 saturated heterocycles. The molecule has 2 aromatic rings. The van der Waals surface area contributed by atoms with Gasteiger partial charge in [0.2, 0.25) is 0 Å². The summed E-state index contributed by atoms with van der Waals surface area (Å²) in [5.41, 5.74) is 0.833. The lowest BCUT2D eigenvalue weighted by Gasteiger charge is -2.11. The molecule has 0 bridgehead atoms. The van der Waals surface area contributed by atoms with Gasteiger partial charge in [-0.3, -0.25) is 0 Å². The van der Waals surface area contributed by atoms with Crippen molar-refractivity contribution in [1.82, 2.24) is 0 Å². The van der Waals surface area contributed by atoms with E-state index in [1.807, 2.05) is 24.3 Å². The molecule has 3 heteroatoms. The number of rotatable bonds is 4. The van der Waals surface area contributed by atoms with E-state index in [2.05, 4.69) is 6.92 Å². The summed E-state index contributed by atoms with van der Waals surface area (Å²) < 4.78 is 16.2. The van der Waals surface area contributed by atoms with Crippen LogP contribution in [0.25, 0.3) is 0 Å². The van der Waals surface area contributed by atoms with Gasteiger partial charge in [-0.25, -0.2) is 0 Å². The predicted molar refractivity (Wildman–Crippen MR) is 70.5 cm³/mol. The molecule has 2 aromatic carbocycles. The quantitative estimate of drug-likeness (QED) is 0.819. The van der Waals surface area contributed by atoms with Gasteiger partial charge in [-0.2, -0.15) is 0 Å². The fourth-order valence-corrected chi connectivity index (χ4v) is 1.57. The first-order valence-corrected chi connectivity index (χ1v) is 5.55. The summed E-state index contributed by atoms with van der Waals surface area (Å²) in [7, 11) is 3.21. The number of hydrogen-bond donors (Lipinski definition) is 0. The van der Waals surface area contributed by atoms with Gasteiger partial charge >= 0.3 is 0 Å². The molecule has 0 aliphatic heterocycles. The molecular formula is C15H15O3. The molecular weight excluding hydrogens is 228 g/mol. The summed E-state index contributed by atoms with van der Waals surface area (Å²) in [5, 5.41) is 0. The molecule has 0 saturated carbocycles. The standard InChI is InChI=1S/C15H15O3/c1-11-6-4-5-7-15(11)18-14-9-12(16-2)8-13(10-14)17-3/h4-10H,1H2,2-3H3. The molecule has 0 spiro atoms. The minimum absolute atomic E-state index is 0.655. The van der Waals surface area contributed by atoms with Gasteiger partial charge in [-0.05, 0) is 18.6 Å². The van der Waals surface area contributed by atoms with Gasteiger partial charge in [0.15, 0.2) is 0 Å². The molecule has 0 aliphatic carbocycles. The Balaban J connectivity index is 2.31. The van der Waals surface area contributed by atoms with Crippen LogP contribution in [0.2, 0.25) is 0 Å². The van der Waals surface area contributed by atoms with Gasteiger partial charge in [0, 0.05) is 18.2 Å². The van der Waals surface area contributed by atoms with E-state index in [0.717, 1.165) is 5.56 Å². The van der Waals surface area contributed by atoms with Gasteiger partial charge in [0.1, 0.15) is 23.0 Å². The Kier molecular flexibility index (Phi) is 3.72. The number of ether oxygens (including phenoxy) is 3. The fourth-order valence-electron chi connectivity index (χ4n) is 1.57. The number of para-hydroxylation sites is 1. The molecule has 0 aliphatic rings. The van der Waals surface area contributed by atoms with Crippen LogP contribution >= 0.6 is 0 Å². The Bertz CT molecular complexity index is 513. The van der Waals surface area contributed by atoms with Gasteiger partial charge in [-0.1, -0.05) is 18.2 Å². The Labute approximate surface area is 107 Å². The van der Waals surface area contributed by atoms with Crippen molar-refractivity contribution in [3.05, 3.63) is 55.0 Å². The largest absolute Gasteiger partial charge is 0.496 e. The Morgan fingerprint density at radius 1 is 0.833 bits per heavy atom. The van der Waals surface area contributed by atoms with Crippen molar-refractivity contribution in [1.29, 1.82) is 0 Å². The molecule has 0 amide bonds. The maximum Gasteiger partial charge on any atom is 0.134 e. The molecule has 0 atom stereocenters. The van der Waals surface area contributed by atoms with Crippen molar-refractivity contribution in [3.8, 4) is 23.0 Å². The first kappa shape index (κ1) is 12.3. The Morgan fingerprint density at radius 2 is 1.39 bits per heavy atom. The smallest absolute Gasteiger partial charge is 0.134 e. The zero-order valence-corrected chi connectivity index (χ0v) is 10.5. The summed E-state index contributed by atoms with van der Waals surface area (Å²) in [6.07, 6.45) is 0. The maximum atomic E-state index is 5.77. The third-order valence-electron chi connectivity index (χ3n) is 2.53. The van der Waals surface area contributed by atoms with E-state index in [1.54, 1.807) is 32.4 Å². The van der Waals surface area contributed by atoms with Crippen LogP contribution in [0.1, 0.15) is 5.56 Å². The van der Waals surface area contributed by atoms with E-state index in [9.17, 15) is 0 Å².